The van der Waals surface area contributed by atoms with Gasteiger partial charge in [-0.15, -0.1) is 0 Å². The van der Waals surface area contributed by atoms with E-state index in [1.807, 2.05) is 0 Å². The molecule has 0 saturated carbocycles. The highest BCUT2D eigenvalue weighted by atomic mass is 16.5. The Labute approximate surface area is 114 Å². The first kappa shape index (κ1) is 15.8. The predicted octanol–water partition coefficient (Wildman–Crippen LogP) is 1.16. The molecular formula is C13H24N2O4. The van der Waals surface area contributed by atoms with Crippen molar-refractivity contribution in [3.63, 3.8) is 0 Å². The van der Waals surface area contributed by atoms with Crippen LogP contribution in [0.4, 0.5) is 4.79 Å². The minimum absolute atomic E-state index is 0.138. The number of ether oxygens (including phenoxy) is 1. The van der Waals surface area contributed by atoms with Crippen LogP contribution in [0.25, 0.3) is 0 Å². The van der Waals surface area contributed by atoms with Gasteiger partial charge in [0.15, 0.2) is 0 Å². The molecule has 1 saturated heterocycles. The van der Waals surface area contributed by atoms with Crippen LogP contribution in [0.15, 0.2) is 0 Å². The molecule has 0 spiro atoms. The second-order valence-electron chi connectivity index (χ2n) is 5.42. The molecule has 0 radical (unpaired) electrons. The number of aliphatic carboxylic acids is 1. The monoisotopic (exact) mass is 272 g/mol. The molecule has 1 unspecified atom stereocenters. The van der Waals surface area contributed by atoms with Crippen LogP contribution >= 0.6 is 0 Å². The Morgan fingerprint density at radius 3 is 2.68 bits per heavy atom. The third kappa shape index (κ3) is 4.70. The number of carboxylic acids is 1. The molecule has 110 valence electrons. The van der Waals surface area contributed by atoms with Crippen molar-refractivity contribution in [3.8, 4) is 0 Å². The Morgan fingerprint density at radius 2 is 2.16 bits per heavy atom. The van der Waals surface area contributed by atoms with Crippen LogP contribution in [-0.4, -0.2) is 54.9 Å². The van der Waals surface area contributed by atoms with Gasteiger partial charge in [0.25, 0.3) is 0 Å². The molecule has 6 heteroatoms. The van der Waals surface area contributed by atoms with E-state index in [2.05, 4.69) is 5.32 Å². The summed E-state index contributed by atoms with van der Waals surface area (Å²) in [7, 11) is 1.65. The maximum Gasteiger partial charge on any atom is 0.326 e. The first-order valence-electron chi connectivity index (χ1n) is 6.72. The lowest BCUT2D eigenvalue weighted by Gasteiger charge is -2.33. The maximum absolute atomic E-state index is 12.1. The van der Waals surface area contributed by atoms with Gasteiger partial charge in [0.05, 0.1) is 6.61 Å². The lowest BCUT2D eigenvalue weighted by Crippen LogP contribution is -2.52. The molecule has 0 aromatic rings. The molecule has 19 heavy (non-hydrogen) atoms. The van der Waals surface area contributed by atoms with Crippen LogP contribution in [0.5, 0.6) is 0 Å². The number of carboxylic acid groups (broad SMARTS) is 1. The largest absolute Gasteiger partial charge is 0.480 e. The van der Waals surface area contributed by atoms with E-state index in [1.165, 1.54) is 0 Å². The van der Waals surface area contributed by atoms with Gasteiger partial charge in [-0.05, 0) is 18.8 Å². The number of hydrogen-bond donors (Lipinski definition) is 2. The zero-order chi connectivity index (χ0) is 14.4. The predicted molar refractivity (Wildman–Crippen MR) is 71.0 cm³/mol. The smallest absolute Gasteiger partial charge is 0.326 e. The van der Waals surface area contributed by atoms with Gasteiger partial charge in [0.1, 0.15) is 6.04 Å². The molecule has 2 N–H and O–H groups in total. The Morgan fingerprint density at radius 1 is 1.47 bits per heavy atom. The standard InChI is InChI=1S/C13H24N2O4/c1-9(2)11(12(16)17)14-13(18)15-6-4-5-10(7-15)8-19-3/h9-11H,4-8H2,1-3H3,(H,14,18)(H,16,17)/t10?,11-/m1/s1. The molecule has 1 aliphatic rings. The van der Waals surface area contributed by atoms with Crippen LogP contribution in [0.1, 0.15) is 26.7 Å². The van der Waals surface area contributed by atoms with E-state index >= 15 is 0 Å². The average Bonchev–Trinajstić information content (AvgIpc) is 2.35. The molecule has 1 fully saturated rings. The van der Waals surface area contributed by atoms with Crippen LogP contribution in [-0.2, 0) is 9.53 Å². The number of piperidine rings is 1. The zero-order valence-electron chi connectivity index (χ0n) is 11.9. The summed E-state index contributed by atoms with van der Waals surface area (Å²) in [5, 5.41) is 11.7. The summed E-state index contributed by atoms with van der Waals surface area (Å²) in [4.78, 5) is 24.8. The summed E-state index contributed by atoms with van der Waals surface area (Å²) in [6, 6.07) is -1.13. The highest BCUT2D eigenvalue weighted by Gasteiger charge is 2.28. The number of amides is 2. The summed E-state index contributed by atoms with van der Waals surface area (Å²) < 4.78 is 5.11. The van der Waals surface area contributed by atoms with E-state index in [4.69, 9.17) is 9.84 Å². The van der Waals surface area contributed by atoms with Gasteiger partial charge in [-0.3, -0.25) is 0 Å². The fraction of sp³-hybridized carbons (Fsp3) is 0.846. The van der Waals surface area contributed by atoms with Gasteiger partial charge in [-0.25, -0.2) is 9.59 Å². The Balaban J connectivity index is 2.54. The Hall–Kier alpha value is -1.30. The van der Waals surface area contributed by atoms with Gasteiger partial charge in [0, 0.05) is 26.1 Å². The molecule has 1 heterocycles. The molecule has 0 bridgehead atoms. The first-order valence-corrected chi connectivity index (χ1v) is 6.72. The van der Waals surface area contributed by atoms with E-state index in [0.717, 1.165) is 12.8 Å². The van der Waals surface area contributed by atoms with Gasteiger partial charge in [0.2, 0.25) is 0 Å². The summed E-state index contributed by atoms with van der Waals surface area (Å²) >= 11 is 0. The molecule has 0 aromatic carbocycles. The van der Waals surface area contributed by atoms with Crippen molar-refractivity contribution < 1.29 is 19.4 Å². The van der Waals surface area contributed by atoms with E-state index < -0.39 is 12.0 Å². The molecule has 2 atom stereocenters. The number of hydrogen-bond acceptors (Lipinski definition) is 3. The van der Waals surface area contributed by atoms with Gasteiger partial charge >= 0.3 is 12.0 Å². The van der Waals surface area contributed by atoms with Crippen LogP contribution in [0.3, 0.4) is 0 Å². The van der Waals surface area contributed by atoms with E-state index in [-0.39, 0.29) is 11.9 Å². The Bertz CT molecular complexity index is 318. The summed E-state index contributed by atoms with van der Waals surface area (Å²) in [6.45, 7) is 5.50. The van der Waals surface area contributed by atoms with Crippen molar-refractivity contribution >= 4 is 12.0 Å². The number of rotatable bonds is 5. The van der Waals surface area contributed by atoms with Gasteiger partial charge in [-0.2, -0.15) is 0 Å². The second-order valence-corrected chi connectivity index (χ2v) is 5.42. The highest BCUT2D eigenvalue weighted by molar-refractivity contribution is 5.82. The number of nitrogens with one attached hydrogen (secondary N) is 1. The normalized spacial score (nSPS) is 21.3. The minimum atomic E-state index is -0.992. The second kappa shape index (κ2) is 7.33. The van der Waals surface area contributed by atoms with Crippen LogP contribution in [0.2, 0.25) is 0 Å². The third-order valence-corrected chi connectivity index (χ3v) is 3.42. The van der Waals surface area contributed by atoms with Crippen molar-refractivity contribution in [2.24, 2.45) is 11.8 Å². The fourth-order valence-corrected chi connectivity index (χ4v) is 2.36. The molecule has 0 aliphatic carbocycles. The number of nitrogens with zero attached hydrogens (tertiary/aromatic N) is 1. The molecule has 6 nitrogen and oxygen atoms in total. The van der Waals surface area contributed by atoms with Crippen molar-refractivity contribution in [1.29, 1.82) is 0 Å². The third-order valence-electron chi connectivity index (χ3n) is 3.42. The number of methoxy groups -OCH3 is 1. The maximum atomic E-state index is 12.1. The van der Waals surface area contributed by atoms with Crippen molar-refractivity contribution in [1.82, 2.24) is 10.2 Å². The van der Waals surface area contributed by atoms with Crippen molar-refractivity contribution in [2.75, 3.05) is 26.8 Å². The van der Waals surface area contributed by atoms with E-state index in [0.29, 0.717) is 25.6 Å². The number of urea groups is 1. The van der Waals surface area contributed by atoms with Crippen LogP contribution in [0, 0.1) is 11.8 Å². The van der Waals surface area contributed by atoms with E-state index in [9.17, 15) is 9.59 Å². The quantitative estimate of drug-likeness (QED) is 0.787. The van der Waals surface area contributed by atoms with E-state index in [1.54, 1.807) is 25.9 Å². The SMILES string of the molecule is COCC1CCCN(C(=O)N[C@@H](C(=O)O)C(C)C)C1. The molecule has 1 aliphatic heterocycles. The fourth-order valence-electron chi connectivity index (χ4n) is 2.36. The molecular weight excluding hydrogens is 248 g/mol. The van der Waals surface area contributed by atoms with Gasteiger partial charge < -0.3 is 20.1 Å². The summed E-state index contributed by atoms with van der Waals surface area (Å²) in [6.07, 6.45) is 1.98. The summed E-state index contributed by atoms with van der Waals surface area (Å²) in [5.41, 5.74) is 0. The van der Waals surface area contributed by atoms with Crippen molar-refractivity contribution in [2.45, 2.75) is 32.7 Å². The van der Waals surface area contributed by atoms with Gasteiger partial charge in [-0.1, -0.05) is 13.8 Å². The molecule has 0 aromatic heterocycles. The van der Waals surface area contributed by atoms with Crippen molar-refractivity contribution in [3.05, 3.63) is 0 Å². The Kier molecular flexibility index (Phi) is 6.08. The topological polar surface area (TPSA) is 78.9 Å². The average molecular weight is 272 g/mol. The lowest BCUT2D eigenvalue weighted by atomic mass is 9.99. The number of carbonyl (C=O) groups is 2. The minimum Gasteiger partial charge on any atom is -0.480 e. The zero-order valence-corrected chi connectivity index (χ0v) is 11.9. The highest BCUT2D eigenvalue weighted by Crippen LogP contribution is 2.17. The first-order chi connectivity index (χ1) is 8.95. The molecule has 2 amide bonds. The van der Waals surface area contributed by atoms with Crippen LogP contribution < -0.4 is 5.32 Å². The summed E-state index contributed by atoms with van der Waals surface area (Å²) in [5.74, 6) is -0.790. The number of carbonyl (C=O) groups excluding carboxylic acids is 1. The lowest BCUT2D eigenvalue weighted by molar-refractivity contribution is -0.140. The molecule has 1 rings (SSSR count). The number of likely N-dealkylation sites (tertiary alicyclic amines) is 1.